The number of nitrogens with one attached hydrogen (secondary N) is 1. The van der Waals surface area contributed by atoms with Crippen LogP contribution in [0.2, 0.25) is 0 Å². The minimum Gasteiger partial charge on any atom is -0.380 e. The number of primary amides is 1. The summed E-state index contributed by atoms with van der Waals surface area (Å²) in [5, 5.41) is 2.60. The van der Waals surface area contributed by atoms with Crippen molar-refractivity contribution in [2.45, 2.75) is 18.6 Å². The number of amides is 1. The van der Waals surface area contributed by atoms with E-state index in [0.717, 1.165) is 19.2 Å². The maximum atomic E-state index is 13.7. The Balaban J connectivity index is 2.40. The second-order valence-electron chi connectivity index (χ2n) is 6.14. The summed E-state index contributed by atoms with van der Waals surface area (Å²) in [5.41, 5.74) is 2.25. The molecule has 0 bridgehead atoms. The van der Waals surface area contributed by atoms with Crippen LogP contribution in [0.3, 0.4) is 0 Å². The zero-order valence-corrected chi connectivity index (χ0v) is 15.4. The van der Waals surface area contributed by atoms with Crippen molar-refractivity contribution in [2.24, 2.45) is 5.73 Å². The Morgan fingerprint density at radius 2 is 1.73 bits per heavy atom. The predicted molar refractivity (Wildman–Crippen MR) is 93.9 cm³/mol. The van der Waals surface area contributed by atoms with E-state index in [-0.39, 0.29) is 33.5 Å². The van der Waals surface area contributed by atoms with Crippen LogP contribution in [0.5, 0.6) is 0 Å². The summed E-state index contributed by atoms with van der Waals surface area (Å²) in [5.74, 6) is -5.06. The van der Waals surface area contributed by atoms with Crippen molar-refractivity contribution >= 4 is 17.3 Å². The summed E-state index contributed by atoms with van der Waals surface area (Å²) in [6.07, 6.45) is -4.94. The highest BCUT2D eigenvalue weighted by Crippen LogP contribution is 2.36. The van der Waals surface area contributed by atoms with Gasteiger partial charge in [0, 0.05) is 29.9 Å². The molecule has 3 N–H and O–H groups in total. The number of carbonyl (C=O) groups excluding carboxylic acids is 1. The molecule has 0 spiro atoms. The number of halogens is 6. The molecule has 0 fully saturated rings. The molecule has 0 aliphatic carbocycles. The number of hydrogen-bond donors (Lipinski definition) is 2. The standard InChI is InChI=1S/C18H15F6N3O3/c1-30-27(29)13-2-3-15(14(7-13)16(25)28)26-8-10-4-11(17(20,21)9-19)6-12(5-10)18(22,23)24/h2-7H,8-9H2,1H3,(H2-,25,26,28,29)/p+1. The summed E-state index contributed by atoms with van der Waals surface area (Å²) < 4.78 is 79.1. The molecule has 0 atom stereocenters. The summed E-state index contributed by atoms with van der Waals surface area (Å²) >= 11 is 0. The lowest BCUT2D eigenvalue weighted by Gasteiger charge is -2.18. The average Bonchev–Trinajstić information content (AvgIpc) is 2.70. The fourth-order valence-corrected chi connectivity index (χ4v) is 2.55. The first-order valence-electron chi connectivity index (χ1n) is 8.23. The van der Waals surface area contributed by atoms with Crippen LogP contribution in [0.4, 0.5) is 37.7 Å². The number of anilines is 1. The van der Waals surface area contributed by atoms with Gasteiger partial charge in [0.05, 0.1) is 16.0 Å². The van der Waals surface area contributed by atoms with Crippen LogP contribution in [0.25, 0.3) is 0 Å². The molecular weight excluding hydrogens is 420 g/mol. The van der Waals surface area contributed by atoms with Gasteiger partial charge in [-0.15, -0.1) is 0 Å². The lowest BCUT2D eigenvalue weighted by atomic mass is 10.0. The number of nitrogens with zero attached hydrogens (tertiary/aromatic N) is 1. The van der Waals surface area contributed by atoms with E-state index in [1.807, 2.05) is 0 Å². The Bertz CT molecular complexity index is 963. The molecule has 0 heterocycles. The van der Waals surface area contributed by atoms with Gasteiger partial charge in [-0.2, -0.15) is 22.0 Å². The van der Waals surface area contributed by atoms with Crippen molar-refractivity contribution in [1.29, 1.82) is 0 Å². The highest BCUT2D eigenvalue weighted by molar-refractivity contribution is 5.99. The van der Waals surface area contributed by atoms with E-state index in [1.165, 1.54) is 12.1 Å². The lowest BCUT2D eigenvalue weighted by molar-refractivity contribution is -0.736. The van der Waals surface area contributed by atoms with Crippen LogP contribution in [0, 0.1) is 4.91 Å². The number of benzene rings is 2. The first-order valence-corrected chi connectivity index (χ1v) is 8.23. The quantitative estimate of drug-likeness (QED) is 0.473. The van der Waals surface area contributed by atoms with E-state index in [2.05, 4.69) is 10.2 Å². The molecule has 2 aromatic rings. The third-order valence-corrected chi connectivity index (χ3v) is 4.04. The Hall–Kier alpha value is -3.31. The van der Waals surface area contributed by atoms with Gasteiger partial charge >= 0.3 is 17.8 Å². The lowest BCUT2D eigenvalue weighted by Crippen LogP contribution is -2.19. The normalized spacial score (nSPS) is 11.8. The van der Waals surface area contributed by atoms with E-state index in [0.29, 0.717) is 6.07 Å². The zero-order valence-electron chi connectivity index (χ0n) is 15.4. The number of rotatable bonds is 8. The van der Waals surface area contributed by atoms with E-state index in [1.54, 1.807) is 0 Å². The molecule has 162 valence electrons. The van der Waals surface area contributed by atoms with Gasteiger partial charge in [-0.25, -0.2) is 9.23 Å². The molecule has 0 unspecified atom stereocenters. The molecule has 1 amide bonds. The molecule has 2 aromatic carbocycles. The van der Waals surface area contributed by atoms with Crippen LogP contribution in [-0.4, -0.2) is 24.6 Å². The molecule has 30 heavy (non-hydrogen) atoms. The van der Waals surface area contributed by atoms with Gasteiger partial charge < -0.3 is 11.1 Å². The second kappa shape index (κ2) is 8.59. The molecule has 6 nitrogen and oxygen atoms in total. The molecule has 0 aliphatic rings. The van der Waals surface area contributed by atoms with Crippen molar-refractivity contribution in [3.8, 4) is 0 Å². The van der Waals surface area contributed by atoms with E-state index in [9.17, 15) is 36.0 Å². The Kier molecular flexibility index (Phi) is 6.58. The van der Waals surface area contributed by atoms with Crippen molar-refractivity contribution in [3.63, 3.8) is 0 Å². The molecule has 0 aromatic heterocycles. The largest absolute Gasteiger partial charge is 0.416 e. The van der Waals surface area contributed by atoms with Crippen molar-refractivity contribution in [1.82, 2.24) is 0 Å². The minimum absolute atomic E-state index is 0.0342. The van der Waals surface area contributed by atoms with Crippen molar-refractivity contribution in [3.05, 3.63) is 63.6 Å². The van der Waals surface area contributed by atoms with Crippen LogP contribution in [-0.2, 0) is 23.5 Å². The summed E-state index contributed by atoms with van der Waals surface area (Å²) in [6, 6.07) is 5.08. The maximum Gasteiger partial charge on any atom is 0.416 e. The fraction of sp³-hybridized carbons (Fsp3) is 0.278. The first-order chi connectivity index (χ1) is 13.9. The van der Waals surface area contributed by atoms with Gasteiger partial charge in [0.2, 0.25) is 0 Å². The number of carbonyl (C=O) groups is 1. The first kappa shape index (κ1) is 23.0. The Morgan fingerprint density at radius 3 is 2.27 bits per heavy atom. The second-order valence-corrected chi connectivity index (χ2v) is 6.14. The van der Waals surface area contributed by atoms with Crippen LogP contribution in [0.1, 0.15) is 27.0 Å². The topological polar surface area (TPSA) is 84.4 Å². The van der Waals surface area contributed by atoms with Gasteiger partial charge in [-0.05, 0) is 29.8 Å². The highest BCUT2D eigenvalue weighted by atomic mass is 19.4. The van der Waals surface area contributed by atoms with Crippen molar-refractivity contribution in [2.75, 3.05) is 19.1 Å². The summed E-state index contributed by atoms with van der Waals surface area (Å²) in [7, 11) is 1.08. The maximum absolute atomic E-state index is 13.7. The van der Waals surface area contributed by atoms with Gasteiger partial charge in [0.1, 0.15) is 0 Å². The molecule has 0 saturated carbocycles. The number of alkyl halides is 6. The molecule has 0 radical (unpaired) electrons. The third-order valence-electron chi connectivity index (χ3n) is 4.04. The summed E-state index contributed by atoms with van der Waals surface area (Å²) in [6.45, 7) is -2.59. The van der Waals surface area contributed by atoms with Gasteiger partial charge in [0.15, 0.2) is 13.8 Å². The smallest absolute Gasteiger partial charge is 0.380 e. The molecule has 12 heteroatoms. The van der Waals surface area contributed by atoms with Crippen LogP contribution >= 0.6 is 0 Å². The fourth-order valence-electron chi connectivity index (χ4n) is 2.55. The van der Waals surface area contributed by atoms with Crippen LogP contribution in [0.15, 0.2) is 36.4 Å². The van der Waals surface area contributed by atoms with Gasteiger partial charge in [-0.1, -0.05) is 0 Å². The Morgan fingerprint density at radius 1 is 1.10 bits per heavy atom. The molecule has 0 aliphatic heterocycles. The molecule has 0 saturated heterocycles. The SMILES string of the molecule is CO[N+](=O)c1ccc(NCc2cc(C(F)(F)F)cc(C(F)(F)CF)c2)c(C(N)=O)c1. The molecular formula is C18H16F6N3O3+. The third kappa shape index (κ3) is 5.19. The van der Waals surface area contributed by atoms with E-state index >= 15 is 0 Å². The monoisotopic (exact) mass is 436 g/mol. The predicted octanol–water partition coefficient (Wildman–Crippen LogP) is 4.45. The average molecular weight is 436 g/mol. The minimum atomic E-state index is -4.94. The van der Waals surface area contributed by atoms with Crippen LogP contribution < -0.4 is 11.1 Å². The highest BCUT2D eigenvalue weighted by Gasteiger charge is 2.37. The zero-order chi connectivity index (χ0) is 22.7. The Labute approximate surface area is 166 Å². The van der Waals surface area contributed by atoms with Crippen molar-refractivity contribution < 1.29 is 40.9 Å². The van der Waals surface area contributed by atoms with Gasteiger partial charge in [-0.3, -0.25) is 4.79 Å². The summed E-state index contributed by atoms with van der Waals surface area (Å²) in [4.78, 5) is 27.7. The van der Waals surface area contributed by atoms with Gasteiger partial charge in [0.25, 0.3) is 10.8 Å². The molecule has 2 rings (SSSR count). The van der Waals surface area contributed by atoms with E-state index in [4.69, 9.17) is 5.73 Å². The van der Waals surface area contributed by atoms with E-state index < -0.39 is 42.4 Å². The number of hydrogen-bond acceptors (Lipinski definition) is 4. The number of nitrogens with two attached hydrogens (primary N) is 1.